The van der Waals surface area contributed by atoms with Gasteiger partial charge in [-0.15, -0.1) is 0 Å². The van der Waals surface area contributed by atoms with E-state index < -0.39 is 0 Å². The molecule has 0 aromatic heterocycles. The normalized spacial score (nSPS) is 22.9. The first-order valence-corrected chi connectivity index (χ1v) is 8.02. The summed E-state index contributed by atoms with van der Waals surface area (Å²) < 4.78 is 13.7. The van der Waals surface area contributed by atoms with Crippen molar-refractivity contribution >= 4 is 45.2 Å². The Kier molecular flexibility index (Phi) is 5.95. The summed E-state index contributed by atoms with van der Waals surface area (Å²) in [5, 5.41) is 0. The van der Waals surface area contributed by atoms with Crippen molar-refractivity contribution in [2.24, 2.45) is 11.3 Å². The fraction of sp³-hybridized carbons (Fsp3) is 1.00. The number of rotatable bonds is 4. The Labute approximate surface area is 114 Å². The van der Waals surface area contributed by atoms with Crippen LogP contribution in [0.5, 0.6) is 0 Å². The largest absolute Gasteiger partial charge is 0.352 e. The van der Waals surface area contributed by atoms with Gasteiger partial charge in [0.1, 0.15) is 0 Å². The van der Waals surface area contributed by atoms with Gasteiger partial charge in [0.05, 0.1) is 13.2 Å². The molecule has 0 bridgehead atoms. The minimum Gasteiger partial charge on any atom is -0.352 e. The molecule has 14 heavy (non-hydrogen) atoms. The number of halogens is 2. The van der Waals surface area contributed by atoms with Crippen LogP contribution in [0.4, 0.5) is 0 Å². The zero-order valence-corrected chi connectivity index (χ0v) is 13.1. The summed E-state index contributed by atoms with van der Waals surface area (Å²) in [7, 11) is 0. The lowest BCUT2D eigenvalue weighted by Crippen LogP contribution is -2.44. The SMILES string of the molecule is CC(C)CC1OCC(CI)(CI)CO1. The Hall–Kier alpha value is 1.38. The molecule has 0 aromatic carbocycles. The molecule has 84 valence electrons. The highest BCUT2D eigenvalue weighted by Crippen LogP contribution is 2.30. The van der Waals surface area contributed by atoms with E-state index in [9.17, 15) is 0 Å². The Morgan fingerprint density at radius 1 is 1.21 bits per heavy atom. The topological polar surface area (TPSA) is 18.5 Å². The molecule has 0 spiro atoms. The summed E-state index contributed by atoms with van der Waals surface area (Å²) in [6.45, 7) is 6.11. The highest BCUT2D eigenvalue weighted by atomic mass is 127. The molecule has 0 aromatic rings. The third-order valence-corrected chi connectivity index (χ3v) is 5.62. The van der Waals surface area contributed by atoms with Crippen molar-refractivity contribution in [3.05, 3.63) is 0 Å². The highest BCUT2D eigenvalue weighted by Gasteiger charge is 2.35. The number of hydrogen-bond donors (Lipinski definition) is 0. The molecular formula is C10H18I2O2. The molecule has 0 unspecified atom stereocenters. The van der Waals surface area contributed by atoms with Crippen LogP contribution in [-0.2, 0) is 9.47 Å². The van der Waals surface area contributed by atoms with Crippen molar-refractivity contribution in [2.75, 3.05) is 22.1 Å². The quantitative estimate of drug-likeness (QED) is 0.510. The summed E-state index contributed by atoms with van der Waals surface area (Å²) >= 11 is 4.85. The van der Waals surface area contributed by atoms with Crippen molar-refractivity contribution in [2.45, 2.75) is 26.6 Å². The highest BCUT2D eigenvalue weighted by molar-refractivity contribution is 14.1. The van der Waals surface area contributed by atoms with Gasteiger partial charge in [0.2, 0.25) is 0 Å². The van der Waals surface area contributed by atoms with Crippen LogP contribution in [0.1, 0.15) is 20.3 Å². The Morgan fingerprint density at radius 2 is 1.71 bits per heavy atom. The second kappa shape index (κ2) is 6.20. The maximum absolute atomic E-state index is 5.75. The van der Waals surface area contributed by atoms with Gasteiger partial charge in [0, 0.05) is 20.7 Å². The molecule has 1 saturated heterocycles. The zero-order valence-electron chi connectivity index (χ0n) is 8.76. The van der Waals surface area contributed by atoms with E-state index in [0.29, 0.717) is 5.92 Å². The van der Waals surface area contributed by atoms with E-state index in [1.165, 1.54) is 0 Å². The summed E-state index contributed by atoms with van der Waals surface area (Å²) in [4.78, 5) is 0. The third-order valence-electron chi connectivity index (χ3n) is 2.38. The van der Waals surface area contributed by atoms with Crippen molar-refractivity contribution in [1.82, 2.24) is 0 Å². The van der Waals surface area contributed by atoms with Gasteiger partial charge >= 0.3 is 0 Å². The first kappa shape index (κ1) is 13.4. The van der Waals surface area contributed by atoms with Gasteiger partial charge in [0.15, 0.2) is 6.29 Å². The van der Waals surface area contributed by atoms with E-state index in [4.69, 9.17) is 9.47 Å². The van der Waals surface area contributed by atoms with Gasteiger partial charge in [-0.1, -0.05) is 59.0 Å². The average molecular weight is 424 g/mol. The Balaban J connectivity index is 2.37. The molecule has 0 atom stereocenters. The first-order chi connectivity index (χ1) is 6.62. The summed E-state index contributed by atoms with van der Waals surface area (Å²) in [5.41, 5.74) is 0.259. The molecule has 1 aliphatic rings. The van der Waals surface area contributed by atoms with Crippen molar-refractivity contribution in [3.63, 3.8) is 0 Å². The van der Waals surface area contributed by atoms with Crippen LogP contribution in [-0.4, -0.2) is 28.4 Å². The predicted octanol–water partition coefficient (Wildman–Crippen LogP) is 3.26. The molecular weight excluding hydrogens is 406 g/mol. The number of ether oxygens (including phenoxy) is 2. The van der Waals surface area contributed by atoms with E-state index >= 15 is 0 Å². The number of alkyl halides is 2. The van der Waals surface area contributed by atoms with Crippen molar-refractivity contribution in [3.8, 4) is 0 Å². The predicted molar refractivity (Wildman–Crippen MR) is 75.4 cm³/mol. The fourth-order valence-electron chi connectivity index (χ4n) is 1.34. The molecule has 0 saturated carbocycles. The van der Waals surface area contributed by atoms with Gasteiger partial charge in [-0.3, -0.25) is 0 Å². The van der Waals surface area contributed by atoms with Crippen molar-refractivity contribution < 1.29 is 9.47 Å². The standard InChI is InChI=1S/C10H18I2O2/c1-8(2)3-9-13-6-10(4-11,5-12)7-14-9/h8-9H,3-7H2,1-2H3. The monoisotopic (exact) mass is 424 g/mol. The minimum atomic E-state index is 0.0361. The lowest BCUT2D eigenvalue weighted by molar-refractivity contribution is -0.223. The van der Waals surface area contributed by atoms with Gasteiger partial charge in [-0.25, -0.2) is 0 Å². The molecule has 0 N–H and O–H groups in total. The lowest BCUT2D eigenvalue weighted by Gasteiger charge is -2.38. The second-order valence-corrected chi connectivity index (χ2v) is 5.97. The van der Waals surface area contributed by atoms with E-state index in [1.54, 1.807) is 0 Å². The second-order valence-electron chi connectivity index (χ2n) is 4.45. The number of hydrogen-bond acceptors (Lipinski definition) is 2. The average Bonchev–Trinajstić information content (AvgIpc) is 2.19. The van der Waals surface area contributed by atoms with Gasteiger partial charge in [-0.2, -0.15) is 0 Å². The Morgan fingerprint density at radius 3 is 2.07 bits per heavy atom. The van der Waals surface area contributed by atoms with Crippen LogP contribution in [0.2, 0.25) is 0 Å². The summed E-state index contributed by atoms with van der Waals surface area (Å²) in [6.07, 6.45) is 1.05. The molecule has 1 aliphatic heterocycles. The molecule has 2 nitrogen and oxygen atoms in total. The lowest BCUT2D eigenvalue weighted by atomic mass is 9.95. The van der Waals surface area contributed by atoms with Crippen molar-refractivity contribution in [1.29, 1.82) is 0 Å². The summed E-state index contributed by atoms with van der Waals surface area (Å²) in [5.74, 6) is 0.645. The molecule has 1 heterocycles. The fourth-order valence-corrected chi connectivity index (χ4v) is 3.79. The smallest absolute Gasteiger partial charge is 0.157 e. The molecule has 0 radical (unpaired) electrons. The molecule has 4 heteroatoms. The third kappa shape index (κ3) is 3.75. The van der Waals surface area contributed by atoms with Crippen LogP contribution >= 0.6 is 45.2 Å². The van der Waals surface area contributed by atoms with Crippen LogP contribution in [0.25, 0.3) is 0 Å². The van der Waals surface area contributed by atoms with Crippen LogP contribution in [0.15, 0.2) is 0 Å². The zero-order chi connectivity index (χ0) is 10.6. The van der Waals surface area contributed by atoms with Gasteiger partial charge in [-0.05, 0) is 5.92 Å². The van der Waals surface area contributed by atoms with E-state index in [0.717, 1.165) is 28.5 Å². The molecule has 0 aliphatic carbocycles. The van der Waals surface area contributed by atoms with E-state index in [2.05, 4.69) is 59.0 Å². The van der Waals surface area contributed by atoms with Gasteiger partial charge < -0.3 is 9.47 Å². The molecule has 0 amide bonds. The first-order valence-electron chi connectivity index (χ1n) is 4.97. The Bertz CT molecular complexity index is 160. The van der Waals surface area contributed by atoms with Crippen LogP contribution in [0, 0.1) is 11.3 Å². The van der Waals surface area contributed by atoms with Crippen LogP contribution < -0.4 is 0 Å². The maximum atomic E-state index is 5.75. The maximum Gasteiger partial charge on any atom is 0.157 e. The minimum absolute atomic E-state index is 0.0361. The van der Waals surface area contributed by atoms with E-state index in [-0.39, 0.29) is 11.7 Å². The molecule has 1 fully saturated rings. The summed E-state index contributed by atoms with van der Waals surface area (Å²) in [6, 6.07) is 0. The molecule has 1 rings (SSSR count). The van der Waals surface area contributed by atoms with E-state index in [1.807, 2.05) is 0 Å². The van der Waals surface area contributed by atoms with Crippen LogP contribution in [0.3, 0.4) is 0 Å². The van der Waals surface area contributed by atoms with Gasteiger partial charge in [0.25, 0.3) is 0 Å².